The van der Waals surface area contributed by atoms with Crippen LogP contribution in [0.25, 0.3) is 11.5 Å². The quantitative estimate of drug-likeness (QED) is 0.425. The van der Waals surface area contributed by atoms with E-state index in [2.05, 4.69) is 4.98 Å². The Balaban J connectivity index is 1.26. The number of carbonyl (C=O) groups is 2. The number of ether oxygens (including phenoxy) is 2. The summed E-state index contributed by atoms with van der Waals surface area (Å²) in [5.74, 6) is 0.634. The number of aryl methyl sites for hydroxylation is 2. The highest BCUT2D eigenvalue weighted by Crippen LogP contribution is 2.29. The van der Waals surface area contributed by atoms with Crippen LogP contribution in [-0.2, 0) is 22.4 Å². The lowest BCUT2D eigenvalue weighted by atomic mass is 9.90. The van der Waals surface area contributed by atoms with Crippen LogP contribution in [0.5, 0.6) is 5.75 Å². The first-order valence-electron chi connectivity index (χ1n) is 12.3. The minimum absolute atomic E-state index is 0.102. The van der Waals surface area contributed by atoms with Crippen LogP contribution in [0.2, 0.25) is 0 Å². The molecule has 0 bridgehead atoms. The molecular formula is C28H32N2O6. The van der Waals surface area contributed by atoms with Gasteiger partial charge < -0.3 is 23.9 Å². The van der Waals surface area contributed by atoms with E-state index in [-0.39, 0.29) is 19.1 Å². The highest BCUT2D eigenvalue weighted by atomic mass is 16.6. The van der Waals surface area contributed by atoms with Crippen LogP contribution in [0.1, 0.15) is 30.4 Å². The Morgan fingerprint density at radius 1 is 1.08 bits per heavy atom. The van der Waals surface area contributed by atoms with Crippen molar-refractivity contribution in [2.24, 2.45) is 11.8 Å². The summed E-state index contributed by atoms with van der Waals surface area (Å²) < 4.78 is 16.8. The molecule has 1 fully saturated rings. The number of carboxylic acids is 1. The maximum absolute atomic E-state index is 12.0. The Labute approximate surface area is 210 Å². The van der Waals surface area contributed by atoms with Crippen LogP contribution < -0.4 is 4.74 Å². The van der Waals surface area contributed by atoms with Gasteiger partial charge in [-0.1, -0.05) is 30.3 Å². The molecule has 1 aromatic heterocycles. The number of oxazole rings is 1. The van der Waals surface area contributed by atoms with Crippen LogP contribution in [0, 0.1) is 18.8 Å². The molecule has 2 aromatic carbocycles. The van der Waals surface area contributed by atoms with Gasteiger partial charge >= 0.3 is 12.1 Å². The van der Waals surface area contributed by atoms with Crippen molar-refractivity contribution < 1.29 is 28.6 Å². The molecule has 8 nitrogen and oxygen atoms in total. The molecule has 1 saturated heterocycles. The van der Waals surface area contributed by atoms with Gasteiger partial charge in [0.15, 0.2) is 0 Å². The van der Waals surface area contributed by atoms with Crippen molar-refractivity contribution in [3.05, 3.63) is 71.6 Å². The third kappa shape index (κ3) is 6.24. The Hall–Kier alpha value is -3.81. The molecule has 0 aliphatic carbocycles. The van der Waals surface area contributed by atoms with E-state index < -0.39 is 18.0 Å². The number of carbonyl (C=O) groups excluding carboxylic acids is 1. The van der Waals surface area contributed by atoms with Gasteiger partial charge in [0.1, 0.15) is 11.5 Å². The average molecular weight is 493 g/mol. The summed E-state index contributed by atoms with van der Waals surface area (Å²) in [4.78, 5) is 29.8. The number of likely N-dealkylation sites (tertiary alicyclic amines) is 1. The molecule has 0 radical (unpaired) electrons. The van der Waals surface area contributed by atoms with Gasteiger partial charge in [-0.05, 0) is 62.4 Å². The first kappa shape index (κ1) is 25.3. The normalized spacial score (nSPS) is 17.2. The SMILES string of the molecule is CCOC(=O)N1CC(CCc2ccc(OCCc3nc(-c4ccccc4)oc3C)cc2)[C@@H](C(=O)O)C1. The van der Waals surface area contributed by atoms with Crippen LogP contribution in [0.15, 0.2) is 59.0 Å². The number of nitrogens with zero attached hydrogens (tertiary/aromatic N) is 2. The molecule has 36 heavy (non-hydrogen) atoms. The van der Waals surface area contributed by atoms with Gasteiger partial charge in [0.25, 0.3) is 0 Å². The van der Waals surface area contributed by atoms with Crippen LogP contribution in [0.3, 0.4) is 0 Å². The van der Waals surface area contributed by atoms with Crippen LogP contribution in [-0.4, -0.2) is 53.4 Å². The van der Waals surface area contributed by atoms with E-state index in [1.807, 2.05) is 61.5 Å². The fourth-order valence-electron chi connectivity index (χ4n) is 4.54. The van der Waals surface area contributed by atoms with Gasteiger partial charge in [-0.15, -0.1) is 0 Å². The Kier molecular flexibility index (Phi) is 8.25. The standard InChI is InChI=1S/C28H32N2O6/c1-3-34-28(33)30-17-22(24(18-30)27(31)32)12-9-20-10-13-23(14-11-20)35-16-15-25-19(2)36-26(29-25)21-7-5-4-6-8-21/h4-8,10-11,13-14,22,24H,3,9,12,15-18H2,1-2H3,(H,31,32)/t22?,24-/m0/s1. The van der Waals surface area contributed by atoms with Gasteiger partial charge in [-0.2, -0.15) is 0 Å². The first-order valence-corrected chi connectivity index (χ1v) is 12.3. The Morgan fingerprint density at radius 3 is 2.53 bits per heavy atom. The van der Waals surface area contributed by atoms with Crippen molar-refractivity contribution in [3.63, 3.8) is 0 Å². The van der Waals surface area contributed by atoms with Crippen LogP contribution in [0.4, 0.5) is 4.79 Å². The second-order valence-corrected chi connectivity index (χ2v) is 8.98. The number of aliphatic carboxylic acids is 1. The molecule has 1 unspecified atom stereocenters. The molecule has 3 aromatic rings. The van der Waals surface area contributed by atoms with E-state index in [0.29, 0.717) is 31.9 Å². The molecule has 2 atom stereocenters. The Morgan fingerprint density at radius 2 is 1.83 bits per heavy atom. The highest BCUT2D eigenvalue weighted by Gasteiger charge is 2.39. The lowest BCUT2D eigenvalue weighted by molar-refractivity contribution is -0.142. The van der Waals surface area contributed by atoms with E-state index in [0.717, 1.165) is 34.8 Å². The highest BCUT2D eigenvalue weighted by molar-refractivity contribution is 5.74. The molecule has 190 valence electrons. The van der Waals surface area contributed by atoms with Crippen molar-refractivity contribution in [1.82, 2.24) is 9.88 Å². The van der Waals surface area contributed by atoms with Gasteiger partial charge in [0.2, 0.25) is 5.89 Å². The molecule has 1 aliphatic heterocycles. The molecule has 8 heteroatoms. The summed E-state index contributed by atoms with van der Waals surface area (Å²) in [7, 11) is 0. The fourth-order valence-corrected chi connectivity index (χ4v) is 4.54. The predicted molar refractivity (Wildman–Crippen MR) is 134 cm³/mol. The monoisotopic (exact) mass is 492 g/mol. The number of amides is 1. The van der Waals surface area contributed by atoms with E-state index in [1.165, 1.54) is 4.90 Å². The van der Waals surface area contributed by atoms with E-state index in [4.69, 9.17) is 13.9 Å². The molecule has 2 heterocycles. The zero-order chi connectivity index (χ0) is 25.5. The first-order chi connectivity index (χ1) is 17.4. The number of benzene rings is 2. The number of aromatic nitrogens is 1. The van der Waals surface area contributed by atoms with E-state index >= 15 is 0 Å². The average Bonchev–Trinajstić information content (AvgIpc) is 3.48. The number of hydrogen-bond donors (Lipinski definition) is 1. The Bertz CT molecular complexity index is 1160. The summed E-state index contributed by atoms with van der Waals surface area (Å²) in [6, 6.07) is 17.7. The molecule has 0 spiro atoms. The molecule has 1 amide bonds. The molecular weight excluding hydrogens is 460 g/mol. The van der Waals surface area contributed by atoms with Gasteiger partial charge in [0, 0.05) is 25.1 Å². The van der Waals surface area contributed by atoms with Gasteiger partial charge in [-0.3, -0.25) is 4.79 Å². The van der Waals surface area contributed by atoms with Gasteiger partial charge in [-0.25, -0.2) is 9.78 Å². The minimum atomic E-state index is -0.867. The topological polar surface area (TPSA) is 102 Å². The number of carboxylic acid groups (broad SMARTS) is 1. The predicted octanol–water partition coefficient (Wildman–Crippen LogP) is 4.99. The van der Waals surface area contributed by atoms with Crippen molar-refractivity contribution in [3.8, 4) is 17.2 Å². The largest absolute Gasteiger partial charge is 0.493 e. The molecule has 4 rings (SSSR count). The van der Waals surface area contributed by atoms with Crippen molar-refractivity contribution in [1.29, 1.82) is 0 Å². The second-order valence-electron chi connectivity index (χ2n) is 8.98. The lowest BCUT2D eigenvalue weighted by Crippen LogP contribution is -2.30. The molecule has 1 aliphatic rings. The summed E-state index contributed by atoms with van der Waals surface area (Å²) in [6.07, 6.45) is 1.61. The van der Waals surface area contributed by atoms with Crippen molar-refractivity contribution in [2.75, 3.05) is 26.3 Å². The number of hydrogen-bond acceptors (Lipinski definition) is 6. The third-order valence-electron chi connectivity index (χ3n) is 6.53. The second kappa shape index (κ2) is 11.7. The van der Waals surface area contributed by atoms with Crippen molar-refractivity contribution >= 4 is 12.1 Å². The molecule has 1 N–H and O–H groups in total. The smallest absolute Gasteiger partial charge is 0.409 e. The molecule has 0 saturated carbocycles. The minimum Gasteiger partial charge on any atom is -0.493 e. The third-order valence-corrected chi connectivity index (χ3v) is 6.53. The van der Waals surface area contributed by atoms with E-state index in [1.54, 1.807) is 6.92 Å². The fraction of sp³-hybridized carbons (Fsp3) is 0.393. The number of rotatable bonds is 10. The van der Waals surface area contributed by atoms with E-state index in [9.17, 15) is 14.7 Å². The summed E-state index contributed by atoms with van der Waals surface area (Å²) >= 11 is 0. The van der Waals surface area contributed by atoms with Crippen LogP contribution >= 0.6 is 0 Å². The maximum atomic E-state index is 12.0. The summed E-state index contributed by atoms with van der Waals surface area (Å²) in [5.41, 5.74) is 2.93. The van der Waals surface area contributed by atoms with Crippen molar-refractivity contribution in [2.45, 2.75) is 33.1 Å². The summed E-state index contributed by atoms with van der Waals surface area (Å²) in [5, 5.41) is 9.58. The maximum Gasteiger partial charge on any atom is 0.409 e. The van der Waals surface area contributed by atoms with Gasteiger partial charge in [0.05, 0.1) is 24.8 Å². The summed E-state index contributed by atoms with van der Waals surface area (Å²) in [6.45, 7) is 5.01. The zero-order valence-electron chi connectivity index (χ0n) is 20.7. The zero-order valence-corrected chi connectivity index (χ0v) is 20.7. The lowest BCUT2D eigenvalue weighted by Gasteiger charge is -2.15.